The first-order chi connectivity index (χ1) is 8.13. The molecule has 0 aliphatic heterocycles. The van der Waals surface area contributed by atoms with Crippen LogP contribution in [0.2, 0.25) is 0 Å². The van der Waals surface area contributed by atoms with Crippen LogP contribution in [0.3, 0.4) is 0 Å². The van der Waals surface area contributed by atoms with Crippen LogP contribution in [0.5, 0.6) is 0 Å². The third-order valence-corrected chi connectivity index (χ3v) is 3.23. The summed E-state index contributed by atoms with van der Waals surface area (Å²) in [6, 6.07) is 4.64. The molecule has 0 fully saturated rings. The Morgan fingerprint density at radius 2 is 2.18 bits per heavy atom. The zero-order chi connectivity index (χ0) is 12.4. The molecule has 2 aromatic rings. The number of hydrogen-bond donors (Lipinski definition) is 1. The zero-order valence-corrected chi connectivity index (χ0v) is 11.0. The fraction of sp³-hybridized carbons (Fsp3) is 0.273. The summed E-state index contributed by atoms with van der Waals surface area (Å²) in [6.07, 6.45) is 0. The second-order valence-corrected chi connectivity index (χ2v) is 4.35. The van der Waals surface area contributed by atoms with Crippen molar-refractivity contribution >= 4 is 15.9 Å². The minimum atomic E-state index is -0.357. The highest BCUT2D eigenvalue weighted by molar-refractivity contribution is 9.10. The van der Waals surface area contributed by atoms with Crippen LogP contribution in [-0.4, -0.2) is 17.2 Å². The van der Waals surface area contributed by atoms with Gasteiger partial charge in [0, 0.05) is 0 Å². The molecule has 0 aliphatic carbocycles. The third-order valence-electron chi connectivity index (χ3n) is 2.43. The van der Waals surface area contributed by atoms with Crippen LogP contribution in [0.4, 0.5) is 4.39 Å². The molecule has 2 rings (SSSR count). The van der Waals surface area contributed by atoms with Gasteiger partial charge in [0.25, 0.3) is 0 Å². The Balaban J connectivity index is 2.40. The number of halogens is 2. The molecule has 1 aromatic heterocycles. The van der Waals surface area contributed by atoms with Crippen LogP contribution < -0.4 is 5.32 Å². The van der Waals surface area contributed by atoms with Crippen molar-refractivity contribution in [1.82, 2.24) is 15.5 Å². The normalized spacial score (nSPS) is 12.7. The molecule has 0 spiro atoms. The summed E-state index contributed by atoms with van der Waals surface area (Å²) in [7, 11) is 1.80. The SMILES string of the molecule is CNC(C)c1nnc(-c2cccc(F)c2Br)o1. The van der Waals surface area contributed by atoms with Crippen LogP contribution in [0, 0.1) is 5.82 Å². The summed E-state index contributed by atoms with van der Waals surface area (Å²) in [6.45, 7) is 1.90. The molecule has 0 bridgehead atoms. The molecular weight excluding hydrogens is 289 g/mol. The monoisotopic (exact) mass is 299 g/mol. The Labute approximate surface area is 106 Å². The van der Waals surface area contributed by atoms with E-state index >= 15 is 0 Å². The van der Waals surface area contributed by atoms with Crippen molar-refractivity contribution in [3.63, 3.8) is 0 Å². The van der Waals surface area contributed by atoms with E-state index in [1.165, 1.54) is 6.07 Å². The van der Waals surface area contributed by atoms with Gasteiger partial charge in [0.05, 0.1) is 16.1 Å². The molecule has 1 atom stereocenters. The maximum Gasteiger partial charge on any atom is 0.249 e. The Kier molecular flexibility index (Phi) is 3.54. The van der Waals surface area contributed by atoms with Crippen molar-refractivity contribution in [2.24, 2.45) is 0 Å². The summed E-state index contributed by atoms with van der Waals surface area (Å²) in [4.78, 5) is 0. The van der Waals surface area contributed by atoms with Gasteiger partial charge in [0.1, 0.15) is 5.82 Å². The van der Waals surface area contributed by atoms with Gasteiger partial charge < -0.3 is 9.73 Å². The van der Waals surface area contributed by atoms with E-state index in [9.17, 15) is 4.39 Å². The molecule has 0 saturated carbocycles. The quantitative estimate of drug-likeness (QED) is 0.947. The second kappa shape index (κ2) is 4.93. The van der Waals surface area contributed by atoms with Crippen LogP contribution in [0.25, 0.3) is 11.5 Å². The first-order valence-corrected chi connectivity index (χ1v) is 5.88. The molecule has 1 unspecified atom stereocenters. The van der Waals surface area contributed by atoms with E-state index in [4.69, 9.17) is 4.42 Å². The van der Waals surface area contributed by atoms with Crippen LogP contribution in [0.15, 0.2) is 27.1 Å². The molecule has 1 N–H and O–H groups in total. The van der Waals surface area contributed by atoms with Gasteiger partial charge in [0.15, 0.2) is 0 Å². The zero-order valence-electron chi connectivity index (χ0n) is 9.37. The van der Waals surface area contributed by atoms with E-state index in [2.05, 4.69) is 31.4 Å². The van der Waals surface area contributed by atoms with Crippen molar-refractivity contribution in [3.05, 3.63) is 34.4 Å². The highest BCUT2D eigenvalue weighted by Crippen LogP contribution is 2.29. The number of rotatable bonds is 3. The predicted molar refractivity (Wildman–Crippen MR) is 64.9 cm³/mol. The highest BCUT2D eigenvalue weighted by Gasteiger charge is 2.16. The average Bonchev–Trinajstić information content (AvgIpc) is 2.81. The Hall–Kier alpha value is -1.27. The molecule has 17 heavy (non-hydrogen) atoms. The van der Waals surface area contributed by atoms with Crippen LogP contribution >= 0.6 is 15.9 Å². The fourth-order valence-corrected chi connectivity index (χ4v) is 1.74. The highest BCUT2D eigenvalue weighted by atomic mass is 79.9. The van der Waals surface area contributed by atoms with Crippen LogP contribution in [-0.2, 0) is 0 Å². The average molecular weight is 300 g/mol. The predicted octanol–water partition coefficient (Wildman–Crippen LogP) is 2.92. The Morgan fingerprint density at radius 1 is 1.41 bits per heavy atom. The molecule has 90 valence electrons. The second-order valence-electron chi connectivity index (χ2n) is 3.56. The summed E-state index contributed by atoms with van der Waals surface area (Å²) in [5.41, 5.74) is 0.548. The molecule has 0 amide bonds. The lowest BCUT2D eigenvalue weighted by Crippen LogP contribution is -2.12. The minimum Gasteiger partial charge on any atom is -0.419 e. The fourth-order valence-electron chi connectivity index (χ4n) is 1.31. The Morgan fingerprint density at radius 3 is 2.88 bits per heavy atom. The molecule has 6 heteroatoms. The smallest absolute Gasteiger partial charge is 0.249 e. The molecule has 1 heterocycles. The summed E-state index contributed by atoms with van der Waals surface area (Å²) in [5, 5.41) is 10.8. The first kappa shape index (κ1) is 12.2. The lowest BCUT2D eigenvalue weighted by atomic mass is 10.2. The van der Waals surface area contributed by atoms with Crippen molar-refractivity contribution in [1.29, 1.82) is 0 Å². The molecule has 1 aromatic carbocycles. The summed E-state index contributed by atoms with van der Waals surface area (Å²) in [5.74, 6) is 0.413. The lowest BCUT2D eigenvalue weighted by molar-refractivity contribution is 0.441. The first-order valence-electron chi connectivity index (χ1n) is 5.08. The third kappa shape index (κ3) is 2.37. The summed E-state index contributed by atoms with van der Waals surface area (Å²) < 4.78 is 19.2. The molecule has 4 nitrogen and oxygen atoms in total. The molecular formula is C11H11BrFN3O. The number of aromatic nitrogens is 2. The number of hydrogen-bond acceptors (Lipinski definition) is 4. The molecule has 0 radical (unpaired) electrons. The van der Waals surface area contributed by atoms with Crippen molar-refractivity contribution < 1.29 is 8.81 Å². The van der Waals surface area contributed by atoms with Gasteiger partial charge in [-0.25, -0.2) is 4.39 Å². The largest absolute Gasteiger partial charge is 0.419 e. The van der Waals surface area contributed by atoms with Gasteiger partial charge in [-0.15, -0.1) is 10.2 Å². The van der Waals surface area contributed by atoms with Gasteiger partial charge in [-0.3, -0.25) is 0 Å². The molecule has 0 saturated heterocycles. The van der Waals surface area contributed by atoms with Gasteiger partial charge in [-0.1, -0.05) is 6.07 Å². The van der Waals surface area contributed by atoms with Gasteiger partial charge in [-0.05, 0) is 42.0 Å². The number of nitrogens with zero attached hydrogens (tertiary/aromatic N) is 2. The topological polar surface area (TPSA) is 51.0 Å². The maximum absolute atomic E-state index is 13.3. The van der Waals surface area contributed by atoms with E-state index in [1.807, 2.05) is 6.92 Å². The minimum absolute atomic E-state index is 0.0383. The van der Waals surface area contributed by atoms with Gasteiger partial charge in [0.2, 0.25) is 11.8 Å². The van der Waals surface area contributed by atoms with Gasteiger partial charge >= 0.3 is 0 Å². The Bertz CT molecular complexity index is 529. The van der Waals surface area contributed by atoms with Crippen molar-refractivity contribution in [2.75, 3.05) is 7.05 Å². The number of benzene rings is 1. The number of nitrogens with one attached hydrogen (secondary N) is 1. The van der Waals surface area contributed by atoms with E-state index in [0.29, 0.717) is 21.8 Å². The molecule has 0 aliphatic rings. The summed E-state index contributed by atoms with van der Waals surface area (Å²) >= 11 is 3.16. The maximum atomic E-state index is 13.3. The lowest BCUT2D eigenvalue weighted by Gasteiger charge is -2.03. The van der Waals surface area contributed by atoms with Gasteiger partial charge in [-0.2, -0.15) is 0 Å². The standard InChI is InChI=1S/C11H11BrFN3O/c1-6(14-2)10-15-16-11(17-10)7-4-3-5-8(13)9(7)12/h3-6,14H,1-2H3. The van der Waals surface area contributed by atoms with E-state index in [-0.39, 0.29) is 11.9 Å². The van der Waals surface area contributed by atoms with Crippen molar-refractivity contribution in [2.45, 2.75) is 13.0 Å². The van der Waals surface area contributed by atoms with E-state index < -0.39 is 0 Å². The van der Waals surface area contributed by atoms with E-state index in [0.717, 1.165) is 0 Å². The van der Waals surface area contributed by atoms with Crippen molar-refractivity contribution in [3.8, 4) is 11.5 Å². The van der Waals surface area contributed by atoms with E-state index in [1.54, 1.807) is 19.2 Å². The van der Waals surface area contributed by atoms with Crippen LogP contribution in [0.1, 0.15) is 18.9 Å².